The molecule has 1 rings (SSSR count). The predicted octanol–water partition coefficient (Wildman–Crippen LogP) is 0.00690. The first-order valence-electron chi connectivity index (χ1n) is 3.26. The standard InChI is InChI=1S/C7H8.BH3O3/c1-2-4-6-7-5-3-1;2-1(3)4/h1-6H,7H2;2-4H. The van der Waals surface area contributed by atoms with Crippen LogP contribution >= 0.6 is 0 Å². The Labute approximate surface area is 66.2 Å². The molecule has 0 aromatic heterocycles. The SMILES string of the molecule is C1=CC=CCC=C1.OB(O)O. The molecule has 4 heteroatoms. The predicted molar refractivity (Wildman–Crippen MR) is 44.4 cm³/mol. The summed E-state index contributed by atoms with van der Waals surface area (Å²) in [5.41, 5.74) is 0. The van der Waals surface area contributed by atoms with Gasteiger partial charge in [0.1, 0.15) is 0 Å². The molecule has 11 heavy (non-hydrogen) atoms. The Morgan fingerprint density at radius 3 is 1.55 bits per heavy atom. The van der Waals surface area contributed by atoms with E-state index in [1.165, 1.54) is 0 Å². The van der Waals surface area contributed by atoms with Crippen molar-refractivity contribution in [2.45, 2.75) is 6.42 Å². The highest BCUT2D eigenvalue weighted by molar-refractivity contribution is 6.30. The average Bonchev–Trinajstić information content (AvgIpc) is 2.13. The normalized spacial score (nSPS) is 13.4. The van der Waals surface area contributed by atoms with Crippen LogP contribution in [0.5, 0.6) is 0 Å². The molecule has 60 valence electrons. The summed E-state index contributed by atoms with van der Waals surface area (Å²) in [4.78, 5) is 0. The van der Waals surface area contributed by atoms with Crippen molar-refractivity contribution in [1.29, 1.82) is 0 Å². The highest BCUT2D eigenvalue weighted by atomic mass is 16.5. The number of rotatable bonds is 0. The Balaban J connectivity index is 0.000000218. The molecule has 0 saturated heterocycles. The average molecular weight is 154 g/mol. The third-order valence-corrected chi connectivity index (χ3v) is 0.878. The third kappa shape index (κ3) is 12.4. The number of allylic oxidation sites excluding steroid dienone is 6. The smallest absolute Gasteiger partial charge is 0.402 e. The van der Waals surface area contributed by atoms with Gasteiger partial charge in [0.25, 0.3) is 0 Å². The summed E-state index contributed by atoms with van der Waals surface area (Å²) in [5.74, 6) is 0. The van der Waals surface area contributed by atoms with Gasteiger partial charge in [-0.1, -0.05) is 36.5 Å². The van der Waals surface area contributed by atoms with E-state index in [1.54, 1.807) is 0 Å². The fourth-order valence-electron chi connectivity index (χ4n) is 0.521. The first-order chi connectivity index (χ1) is 5.23. The minimum atomic E-state index is -2.17. The largest absolute Gasteiger partial charge is 0.631 e. The van der Waals surface area contributed by atoms with Crippen LogP contribution in [0.1, 0.15) is 6.42 Å². The van der Waals surface area contributed by atoms with E-state index >= 15 is 0 Å². The molecule has 1 aliphatic rings. The van der Waals surface area contributed by atoms with Gasteiger partial charge >= 0.3 is 7.32 Å². The van der Waals surface area contributed by atoms with Gasteiger partial charge < -0.3 is 15.1 Å². The zero-order valence-corrected chi connectivity index (χ0v) is 6.09. The molecule has 0 saturated carbocycles. The minimum absolute atomic E-state index is 1.08. The van der Waals surface area contributed by atoms with Gasteiger partial charge in [-0.2, -0.15) is 0 Å². The molecule has 0 bridgehead atoms. The van der Waals surface area contributed by atoms with E-state index in [4.69, 9.17) is 15.1 Å². The van der Waals surface area contributed by atoms with Gasteiger partial charge in [-0.25, -0.2) is 0 Å². The monoisotopic (exact) mass is 154 g/mol. The first-order valence-corrected chi connectivity index (χ1v) is 3.26. The topological polar surface area (TPSA) is 60.7 Å². The van der Waals surface area contributed by atoms with Crippen molar-refractivity contribution < 1.29 is 15.1 Å². The Bertz CT molecular complexity index is 144. The van der Waals surface area contributed by atoms with Gasteiger partial charge in [-0.15, -0.1) is 0 Å². The van der Waals surface area contributed by atoms with Gasteiger partial charge in [0, 0.05) is 0 Å². The lowest BCUT2D eigenvalue weighted by Crippen LogP contribution is -2.07. The molecule has 3 N–H and O–H groups in total. The molecule has 0 aromatic carbocycles. The first kappa shape index (κ1) is 10.2. The minimum Gasteiger partial charge on any atom is -0.402 e. The summed E-state index contributed by atoms with van der Waals surface area (Å²) in [6.07, 6.45) is 13.5. The second-order valence-electron chi connectivity index (χ2n) is 1.82. The summed E-state index contributed by atoms with van der Waals surface area (Å²) < 4.78 is 0. The molecule has 0 aliphatic heterocycles. The van der Waals surface area contributed by atoms with Crippen molar-refractivity contribution in [1.82, 2.24) is 0 Å². The van der Waals surface area contributed by atoms with Crippen molar-refractivity contribution in [3.63, 3.8) is 0 Å². The van der Waals surface area contributed by atoms with E-state index in [0.717, 1.165) is 6.42 Å². The molecule has 0 atom stereocenters. The van der Waals surface area contributed by atoms with Gasteiger partial charge in [-0.3, -0.25) is 0 Å². The van der Waals surface area contributed by atoms with Crippen LogP contribution in [0.3, 0.4) is 0 Å². The van der Waals surface area contributed by atoms with Crippen molar-refractivity contribution in [2.75, 3.05) is 0 Å². The molecule has 0 fully saturated rings. The van der Waals surface area contributed by atoms with Crippen LogP contribution < -0.4 is 0 Å². The summed E-state index contributed by atoms with van der Waals surface area (Å²) in [7, 11) is -2.17. The highest BCUT2D eigenvalue weighted by Gasteiger charge is 1.92. The Morgan fingerprint density at radius 2 is 1.18 bits per heavy atom. The third-order valence-electron chi connectivity index (χ3n) is 0.878. The van der Waals surface area contributed by atoms with E-state index in [9.17, 15) is 0 Å². The lowest BCUT2D eigenvalue weighted by atomic mass is 10.3. The Hall–Kier alpha value is -0.835. The molecular weight excluding hydrogens is 143 g/mol. The van der Waals surface area contributed by atoms with E-state index < -0.39 is 7.32 Å². The zero-order chi connectivity index (χ0) is 8.53. The lowest BCUT2D eigenvalue weighted by Gasteiger charge is -1.69. The van der Waals surface area contributed by atoms with Crippen LogP contribution in [0.4, 0.5) is 0 Å². The maximum Gasteiger partial charge on any atom is 0.631 e. The van der Waals surface area contributed by atoms with Gasteiger partial charge in [-0.05, 0) is 6.42 Å². The fourth-order valence-corrected chi connectivity index (χ4v) is 0.521. The molecule has 0 spiro atoms. The van der Waals surface area contributed by atoms with Crippen LogP contribution in [-0.2, 0) is 0 Å². The van der Waals surface area contributed by atoms with Crippen LogP contribution in [-0.4, -0.2) is 22.4 Å². The van der Waals surface area contributed by atoms with Crippen LogP contribution in [0.15, 0.2) is 36.5 Å². The number of hydrogen-bond acceptors (Lipinski definition) is 3. The quantitative estimate of drug-likeness (QED) is 0.430. The van der Waals surface area contributed by atoms with Crippen molar-refractivity contribution >= 4 is 7.32 Å². The van der Waals surface area contributed by atoms with Crippen LogP contribution in [0.2, 0.25) is 0 Å². The molecule has 0 aromatic rings. The van der Waals surface area contributed by atoms with Gasteiger partial charge in [0.15, 0.2) is 0 Å². The van der Waals surface area contributed by atoms with E-state index in [2.05, 4.69) is 24.3 Å². The van der Waals surface area contributed by atoms with Crippen molar-refractivity contribution in [3.05, 3.63) is 36.5 Å². The second kappa shape index (κ2) is 7.27. The summed E-state index contributed by atoms with van der Waals surface area (Å²) in [5, 5.41) is 21.5. The van der Waals surface area contributed by atoms with E-state index in [-0.39, 0.29) is 0 Å². The van der Waals surface area contributed by atoms with Gasteiger partial charge in [0.05, 0.1) is 0 Å². The summed E-state index contributed by atoms with van der Waals surface area (Å²) in [6, 6.07) is 0. The maximum atomic E-state index is 7.17. The van der Waals surface area contributed by atoms with E-state index in [1.807, 2.05) is 12.2 Å². The Morgan fingerprint density at radius 1 is 0.818 bits per heavy atom. The molecule has 1 aliphatic carbocycles. The van der Waals surface area contributed by atoms with Crippen molar-refractivity contribution in [3.8, 4) is 0 Å². The highest BCUT2D eigenvalue weighted by Crippen LogP contribution is 1.91. The molecule has 0 radical (unpaired) electrons. The molecule has 3 nitrogen and oxygen atoms in total. The fraction of sp³-hybridized carbons (Fsp3) is 0.143. The molecular formula is C7H11BO3. The maximum absolute atomic E-state index is 7.17. The molecule has 0 heterocycles. The van der Waals surface area contributed by atoms with Crippen LogP contribution in [0, 0.1) is 0 Å². The second-order valence-corrected chi connectivity index (χ2v) is 1.82. The molecule has 0 amide bonds. The van der Waals surface area contributed by atoms with E-state index in [0.29, 0.717) is 0 Å². The van der Waals surface area contributed by atoms with Crippen molar-refractivity contribution in [2.24, 2.45) is 0 Å². The van der Waals surface area contributed by atoms with Gasteiger partial charge in [0.2, 0.25) is 0 Å². The lowest BCUT2D eigenvalue weighted by molar-refractivity contribution is 0.278. The summed E-state index contributed by atoms with van der Waals surface area (Å²) >= 11 is 0. The van der Waals surface area contributed by atoms with Crippen LogP contribution in [0.25, 0.3) is 0 Å². The Kier molecular flexibility index (Phi) is 6.72. The zero-order valence-electron chi connectivity index (χ0n) is 6.09. The number of hydrogen-bond donors (Lipinski definition) is 3. The summed E-state index contributed by atoms with van der Waals surface area (Å²) in [6.45, 7) is 0. The molecule has 0 unspecified atom stereocenters.